The molecule has 0 radical (unpaired) electrons. The van der Waals surface area contributed by atoms with E-state index in [4.69, 9.17) is 10.8 Å². The molecular formula is C27H30N6OS. The Morgan fingerprint density at radius 3 is 2.60 bits per heavy atom. The molecule has 0 atom stereocenters. The molecule has 1 amide bonds. The summed E-state index contributed by atoms with van der Waals surface area (Å²) < 4.78 is 1.49. The number of nitrogens with two attached hydrogens (primary N) is 1. The molecule has 2 aromatic heterocycles. The van der Waals surface area contributed by atoms with Crippen LogP contribution >= 0.6 is 11.8 Å². The number of pyridine rings is 1. The summed E-state index contributed by atoms with van der Waals surface area (Å²) in [6, 6.07) is 18.6. The number of carbonyl (C=O) groups excluding carboxylic acids is 1. The van der Waals surface area contributed by atoms with E-state index in [-0.39, 0.29) is 11.7 Å². The van der Waals surface area contributed by atoms with E-state index < -0.39 is 0 Å². The van der Waals surface area contributed by atoms with Gasteiger partial charge in [-0.15, -0.1) is 10.2 Å². The van der Waals surface area contributed by atoms with Crippen LogP contribution in [-0.4, -0.2) is 49.5 Å². The highest BCUT2D eigenvalue weighted by Gasteiger charge is 2.23. The zero-order valence-corrected chi connectivity index (χ0v) is 21.0. The first kappa shape index (κ1) is 23.4. The lowest BCUT2D eigenvalue weighted by Crippen LogP contribution is -2.39. The van der Waals surface area contributed by atoms with Gasteiger partial charge in [0.15, 0.2) is 5.82 Å². The number of amides is 1. The Morgan fingerprint density at radius 1 is 1.09 bits per heavy atom. The van der Waals surface area contributed by atoms with Crippen molar-refractivity contribution in [3.05, 3.63) is 60.2 Å². The molecule has 5 rings (SSSR count). The molecular weight excluding hydrogens is 456 g/mol. The summed E-state index contributed by atoms with van der Waals surface area (Å²) in [5.74, 6) is 7.40. The second-order valence-corrected chi connectivity index (χ2v) is 10.1. The molecule has 2 aromatic carbocycles. The van der Waals surface area contributed by atoms with Crippen molar-refractivity contribution in [2.75, 3.05) is 18.6 Å². The van der Waals surface area contributed by atoms with Crippen LogP contribution in [0.4, 0.5) is 0 Å². The summed E-state index contributed by atoms with van der Waals surface area (Å²) in [6.07, 6.45) is 5.83. The van der Waals surface area contributed by atoms with E-state index in [1.807, 2.05) is 42.3 Å². The summed E-state index contributed by atoms with van der Waals surface area (Å²) in [6.45, 7) is 2.07. The minimum atomic E-state index is 0.0995. The van der Waals surface area contributed by atoms with Crippen LogP contribution in [-0.2, 0) is 4.79 Å². The van der Waals surface area contributed by atoms with Gasteiger partial charge in [-0.3, -0.25) is 4.79 Å². The summed E-state index contributed by atoms with van der Waals surface area (Å²) in [5.41, 5.74) is 4.79. The second kappa shape index (κ2) is 10.1. The number of nitrogens with zero attached hydrogens (tertiary/aromatic N) is 5. The summed E-state index contributed by atoms with van der Waals surface area (Å²) in [4.78, 5) is 19.6. The Morgan fingerprint density at radius 2 is 1.83 bits per heavy atom. The van der Waals surface area contributed by atoms with Gasteiger partial charge in [-0.05, 0) is 31.9 Å². The van der Waals surface area contributed by atoms with Crippen molar-refractivity contribution in [3.63, 3.8) is 0 Å². The van der Waals surface area contributed by atoms with Crippen LogP contribution in [0, 0.1) is 6.92 Å². The standard InChI is InChI=1S/C27H30N6OS/c1-18-12-14-19(15-13-18)24-16-22(21-10-6-7-11-23(21)29-24)26-30-31-27(33(26)28)35-17-25(34)32(2)20-8-4-3-5-9-20/h6-7,10-16,20H,3-5,8-9,17,28H2,1-2H3. The summed E-state index contributed by atoms with van der Waals surface area (Å²) >= 11 is 1.33. The molecule has 35 heavy (non-hydrogen) atoms. The van der Waals surface area contributed by atoms with E-state index in [0.29, 0.717) is 17.0 Å². The lowest BCUT2D eigenvalue weighted by atomic mass is 9.94. The number of benzene rings is 2. The number of rotatable bonds is 6. The fourth-order valence-electron chi connectivity index (χ4n) is 4.69. The number of para-hydroxylation sites is 1. The van der Waals surface area contributed by atoms with Gasteiger partial charge in [-0.1, -0.05) is 79.1 Å². The van der Waals surface area contributed by atoms with Crippen molar-refractivity contribution in [1.82, 2.24) is 24.8 Å². The van der Waals surface area contributed by atoms with E-state index in [2.05, 4.69) is 41.4 Å². The number of aryl methyl sites for hydroxylation is 1. The molecule has 0 spiro atoms. The lowest BCUT2D eigenvalue weighted by Gasteiger charge is -2.31. The van der Waals surface area contributed by atoms with Gasteiger partial charge in [0.25, 0.3) is 0 Å². The Bertz CT molecular complexity index is 1340. The van der Waals surface area contributed by atoms with Crippen LogP contribution in [0.3, 0.4) is 0 Å². The van der Waals surface area contributed by atoms with Gasteiger partial charge < -0.3 is 10.7 Å². The zero-order chi connectivity index (χ0) is 24.4. The normalized spacial score (nSPS) is 14.3. The summed E-state index contributed by atoms with van der Waals surface area (Å²) in [5, 5.41) is 10.2. The van der Waals surface area contributed by atoms with Crippen LogP contribution in [0.5, 0.6) is 0 Å². The molecule has 180 valence electrons. The first-order chi connectivity index (χ1) is 17.0. The molecule has 8 heteroatoms. The molecule has 1 saturated carbocycles. The minimum Gasteiger partial charge on any atom is -0.342 e. The van der Waals surface area contributed by atoms with Crippen molar-refractivity contribution >= 4 is 28.6 Å². The third kappa shape index (κ3) is 4.89. The van der Waals surface area contributed by atoms with Crippen LogP contribution < -0.4 is 5.84 Å². The topological polar surface area (TPSA) is 89.9 Å². The average molecular weight is 487 g/mol. The highest BCUT2D eigenvalue weighted by molar-refractivity contribution is 7.99. The second-order valence-electron chi connectivity index (χ2n) is 9.20. The average Bonchev–Trinajstić information content (AvgIpc) is 3.27. The Balaban J connectivity index is 1.42. The maximum atomic E-state index is 12.8. The van der Waals surface area contributed by atoms with E-state index in [0.717, 1.165) is 40.6 Å². The van der Waals surface area contributed by atoms with E-state index in [1.165, 1.54) is 41.3 Å². The molecule has 0 bridgehead atoms. The number of hydrogen-bond donors (Lipinski definition) is 1. The largest absolute Gasteiger partial charge is 0.342 e. The van der Waals surface area contributed by atoms with E-state index in [1.54, 1.807) is 0 Å². The van der Waals surface area contributed by atoms with Crippen molar-refractivity contribution in [1.29, 1.82) is 0 Å². The Hall–Kier alpha value is -3.39. The van der Waals surface area contributed by atoms with Crippen LogP contribution in [0.25, 0.3) is 33.5 Å². The molecule has 1 fully saturated rings. The van der Waals surface area contributed by atoms with Crippen molar-refractivity contribution in [2.24, 2.45) is 0 Å². The first-order valence-corrected chi connectivity index (χ1v) is 13.1. The fourth-order valence-corrected chi connectivity index (χ4v) is 5.47. The number of thioether (sulfide) groups is 1. The number of aromatic nitrogens is 4. The molecule has 4 aromatic rings. The maximum absolute atomic E-state index is 12.8. The molecule has 0 saturated heterocycles. The van der Waals surface area contributed by atoms with Gasteiger partial charge in [-0.2, -0.15) is 0 Å². The molecule has 2 heterocycles. The van der Waals surface area contributed by atoms with E-state index in [9.17, 15) is 4.79 Å². The van der Waals surface area contributed by atoms with E-state index >= 15 is 0 Å². The molecule has 0 unspecified atom stereocenters. The van der Waals surface area contributed by atoms with Crippen molar-refractivity contribution < 1.29 is 4.79 Å². The van der Waals surface area contributed by atoms with Gasteiger partial charge in [0.2, 0.25) is 11.1 Å². The minimum absolute atomic E-state index is 0.0995. The number of fused-ring (bicyclic) bond motifs is 1. The SMILES string of the molecule is Cc1ccc(-c2cc(-c3nnc(SCC(=O)N(C)C4CCCCC4)n3N)c3ccccc3n2)cc1. The fraction of sp³-hybridized carbons (Fsp3) is 0.333. The Labute approximate surface area is 209 Å². The predicted molar refractivity (Wildman–Crippen MR) is 141 cm³/mol. The number of hydrogen-bond acceptors (Lipinski definition) is 6. The van der Waals surface area contributed by atoms with Gasteiger partial charge in [0.1, 0.15) is 0 Å². The lowest BCUT2D eigenvalue weighted by molar-refractivity contribution is -0.129. The third-order valence-electron chi connectivity index (χ3n) is 6.81. The predicted octanol–water partition coefficient (Wildman–Crippen LogP) is 5.07. The van der Waals surface area contributed by atoms with Crippen LogP contribution in [0.1, 0.15) is 37.7 Å². The number of carbonyl (C=O) groups is 1. The van der Waals surface area contributed by atoms with Crippen LogP contribution in [0.2, 0.25) is 0 Å². The first-order valence-electron chi connectivity index (χ1n) is 12.1. The quantitative estimate of drug-likeness (QED) is 0.302. The van der Waals surface area contributed by atoms with Gasteiger partial charge in [0.05, 0.1) is 17.0 Å². The van der Waals surface area contributed by atoms with Crippen molar-refractivity contribution in [3.8, 4) is 22.6 Å². The highest BCUT2D eigenvalue weighted by atomic mass is 32.2. The third-order valence-corrected chi connectivity index (χ3v) is 7.74. The van der Waals surface area contributed by atoms with Crippen molar-refractivity contribution in [2.45, 2.75) is 50.2 Å². The molecule has 7 nitrogen and oxygen atoms in total. The molecule has 0 aliphatic heterocycles. The number of nitrogen functional groups attached to an aromatic ring is 1. The van der Waals surface area contributed by atoms with Gasteiger partial charge >= 0.3 is 0 Å². The molecule has 1 aliphatic rings. The van der Waals surface area contributed by atoms with Gasteiger partial charge in [0, 0.05) is 29.6 Å². The van der Waals surface area contributed by atoms with Gasteiger partial charge in [-0.25, -0.2) is 9.66 Å². The maximum Gasteiger partial charge on any atom is 0.233 e. The summed E-state index contributed by atoms with van der Waals surface area (Å²) in [7, 11) is 1.91. The highest BCUT2D eigenvalue weighted by Crippen LogP contribution is 2.32. The smallest absolute Gasteiger partial charge is 0.233 e. The Kier molecular flexibility index (Phi) is 6.72. The molecule has 2 N–H and O–H groups in total. The van der Waals surface area contributed by atoms with Crippen LogP contribution in [0.15, 0.2) is 59.8 Å². The monoisotopic (exact) mass is 486 g/mol. The molecule has 1 aliphatic carbocycles. The zero-order valence-electron chi connectivity index (χ0n) is 20.1.